The average molecular weight is 500 g/mol. The summed E-state index contributed by atoms with van der Waals surface area (Å²) in [5.74, 6) is -0.108. The molecule has 34 heavy (non-hydrogen) atoms. The molecule has 0 bridgehead atoms. The lowest BCUT2D eigenvalue weighted by molar-refractivity contribution is -0.119. The lowest BCUT2D eigenvalue weighted by Crippen LogP contribution is -2.43. The topological polar surface area (TPSA) is 105 Å². The van der Waals surface area contributed by atoms with Gasteiger partial charge in [0.2, 0.25) is 5.91 Å². The molecular weight excluding hydrogens is 474 g/mol. The van der Waals surface area contributed by atoms with Crippen LogP contribution in [-0.4, -0.2) is 44.8 Å². The van der Waals surface area contributed by atoms with Crippen LogP contribution < -0.4 is 14.8 Å². The summed E-state index contributed by atoms with van der Waals surface area (Å²) in [6.07, 6.45) is 1.28. The second-order valence-corrected chi connectivity index (χ2v) is 10.5. The number of carbonyl (C=O) groups is 2. The Morgan fingerprint density at radius 3 is 2.62 bits per heavy atom. The van der Waals surface area contributed by atoms with Crippen molar-refractivity contribution in [2.75, 3.05) is 23.7 Å². The molecule has 8 nitrogen and oxygen atoms in total. The van der Waals surface area contributed by atoms with Crippen LogP contribution >= 0.6 is 11.3 Å². The van der Waals surface area contributed by atoms with E-state index in [2.05, 4.69) is 10.0 Å². The number of rotatable bonds is 7. The van der Waals surface area contributed by atoms with E-state index < -0.39 is 16.1 Å². The molecule has 2 heterocycles. The van der Waals surface area contributed by atoms with Gasteiger partial charge in [-0.3, -0.25) is 14.3 Å². The Kier molecular flexibility index (Phi) is 6.90. The predicted molar refractivity (Wildman–Crippen MR) is 132 cm³/mol. The van der Waals surface area contributed by atoms with Crippen LogP contribution in [0.2, 0.25) is 0 Å². The van der Waals surface area contributed by atoms with Gasteiger partial charge in [-0.1, -0.05) is 24.3 Å². The van der Waals surface area contributed by atoms with Crippen LogP contribution in [0.5, 0.6) is 5.75 Å². The van der Waals surface area contributed by atoms with E-state index in [1.54, 1.807) is 54.3 Å². The van der Waals surface area contributed by atoms with Crippen LogP contribution in [0, 0.1) is 6.92 Å². The molecule has 1 aromatic heterocycles. The molecule has 178 valence electrons. The molecule has 0 spiro atoms. The molecule has 1 aliphatic heterocycles. The summed E-state index contributed by atoms with van der Waals surface area (Å²) in [4.78, 5) is 28.1. The number of amides is 2. The highest BCUT2D eigenvalue weighted by Gasteiger charge is 2.35. The number of benzene rings is 2. The fourth-order valence-corrected chi connectivity index (χ4v) is 5.65. The molecule has 3 aromatic rings. The summed E-state index contributed by atoms with van der Waals surface area (Å²) >= 11 is 1.34. The lowest BCUT2D eigenvalue weighted by Gasteiger charge is -2.24. The van der Waals surface area contributed by atoms with E-state index in [0.29, 0.717) is 40.5 Å². The molecule has 1 atom stereocenters. The summed E-state index contributed by atoms with van der Waals surface area (Å²) in [7, 11) is -2.48. The molecule has 2 N–H and O–H groups in total. The van der Waals surface area contributed by atoms with E-state index in [1.165, 1.54) is 30.6 Å². The van der Waals surface area contributed by atoms with E-state index in [-0.39, 0.29) is 16.7 Å². The average Bonchev–Trinajstić information content (AvgIpc) is 3.52. The Morgan fingerprint density at radius 1 is 1.09 bits per heavy atom. The number of sulfonamides is 1. The minimum Gasteiger partial charge on any atom is -0.495 e. The van der Waals surface area contributed by atoms with Gasteiger partial charge in [-0.05, 0) is 61.0 Å². The molecule has 1 fully saturated rings. The van der Waals surface area contributed by atoms with E-state index in [4.69, 9.17) is 4.74 Å². The second kappa shape index (κ2) is 9.86. The summed E-state index contributed by atoms with van der Waals surface area (Å²) in [5, 5.41) is 4.66. The van der Waals surface area contributed by atoms with Crippen molar-refractivity contribution >= 4 is 44.5 Å². The van der Waals surface area contributed by atoms with Gasteiger partial charge in [-0.25, -0.2) is 8.42 Å². The molecule has 2 amide bonds. The van der Waals surface area contributed by atoms with Gasteiger partial charge in [0, 0.05) is 12.2 Å². The minimum absolute atomic E-state index is 0.00255. The smallest absolute Gasteiger partial charge is 0.264 e. The van der Waals surface area contributed by atoms with Crippen molar-refractivity contribution in [2.45, 2.75) is 30.7 Å². The number of aryl methyl sites for hydroxylation is 1. The molecule has 10 heteroatoms. The van der Waals surface area contributed by atoms with Gasteiger partial charge < -0.3 is 15.0 Å². The maximum absolute atomic E-state index is 13.1. The quantitative estimate of drug-likeness (QED) is 0.509. The molecule has 0 radical (unpaired) electrons. The summed E-state index contributed by atoms with van der Waals surface area (Å²) in [6, 6.07) is 14.2. The number of nitrogens with one attached hydrogen (secondary N) is 2. The highest BCUT2D eigenvalue weighted by molar-refractivity contribution is 7.92. The SMILES string of the molecule is COc1ccccc1NS(=O)(=O)c1ccc(C)c(NC(=O)[C@H]2CCCN2C(=O)c2cccs2)c1. The van der Waals surface area contributed by atoms with Gasteiger partial charge in [-0.2, -0.15) is 0 Å². The molecular formula is C24H25N3O5S2. The van der Waals surface area contributed by atoms with Gasteiger partial charge in [0.05, 0.1) is 22.6 Å². The van der Waals surface area contributed by atoms with E-state index in [1.807, 2.05) is 5.38 Å². The van der Waals surface area contributed by atoms with Crippen molar-refractivity contribution in [3.8, 4) is 5.75 Å². The summed E-state index contributed by atoms with van der Waals surface area (Å²) < 4.78 is 33.8. The normalized spacial score (nSPS) is 15.7. The molecule has 0 unspecified atom stereocenters. The number of carbonyl (C=O) groups excluding carboxylic acids is 2. The maximum Gasteiger partial charge on any atom is 0.264 e. The van der Waals surface area contributed by atoms with E-state index in [9.17, 15) is 18.0 Å². The van der Waals surface area contributed by atoms with Crippen molar-refractivity contribution < 1.29 is 22.7 Å². The zero-order valence-corrected chi connectivity index (χ0v) is 20.4. The highest BCUT2D eigenvalue weighted by Crippen LogP contribution is 2.29. The molecule has 0 saturated carbocycles. The fourth-order valence-electron chi connectivity index (χ4n) is 3.88. The first-order chi connectivity index (χ1) is 16.3. The largest absolute Gasteiger partial charge is 0.495 e. The number of methoxy groups -OCH3 is 1. The third-order valence-electron chi connectivity index (χ3n) is 5.68. The zero-order chi connectivity index (χ0) is 24.3. The minimum atomic E-state index is -3.94. The van der Waals surface area contributed by atoms with Crippen molar-refractivity contribution in [3.05, 3.63) is 70.4 Å². The second-order valence-electron chi connectivity index (χ2n) is 7.91. The Hall–Kier alpha value is -3.37. The van der Waals surface area contributed by atoms with E-state index in [0.717, 1.165) is 6.42 Å². The van der Waals surface area contributed by atoms with Crippen LogP contribution in [0.3, 0.4) is 0 Å². The first-order valence-electron chi connectivity index (χ1n) is 10.7. The maximum atomic E-state index is 13.1. The number of likely N-dealkylation sites (tertiary alicyclic amines) is 1. The predicted octanol–water partition coefficient (Wildman–Crippen LogP) is 4.11. The van der Waals surface area contributed by atoms with Crippen LogP contribution in [0.4, 0.5) is 11.4 Å². The molecule has 2 aromatic carbocycles. The van der Waals surface area contributed by atoms with E-state index >= 15 is 0 Å². The first kappa shape index (κ1) is 23.8. The Morgan fingerprint density at radius 2 is 1.88 bits per heavy atom. The Labute approximate surface area is 202 Å². The number of thiophene rings is 1. The van der Waals surface area contributed by atoms with Crippen LogP contribution in [0.1, 0.15) is 28.1 Å². The number of anilines is 2. The number of hydrogen-bond acceptors (Lipinski definition) is 6. The highest BCUT2D eigenvalue weighted by atomic mass is 32.2. The Balaban J connectivity index is 1.54. The Bertz CT molecular complexity index is 1310. The number of nitrogens with zero attached hydrogens (tertiary/aromatic N) is 1. The fraction of sp³-hybridized carbons (Fsp3) is 0.250. The molecule has 4 rings (SSSR count). The monoisotopic (exact) mass is 499 g/mol. The van der Waals surface area contributed by atoms with Crippen LogP contribution in [-0.2, 0) is 14.8 Å². The van der Waals surface area contributed by atoms with Crippen molar-refractivity contribution in [2.24, 2.45) is 0 Å². The van der Waals surface area contributed by atoms with Gasteiger partial charge in [0.25, 0.3) is 15.9 Å². The molecule has 1 aliphatic rings. The summed E-state index contributed by atoms with van der Waals surface area (Å²) in [5.41, 5.74) is 1.40. The van der Waals surface area contributed by atoms with Gasteiger partial charge in [0.15, 0.2) is 0 Å². The third kappa shape index (κ3) is 4.92. The van der Waals surface area contributed by atoms with Crippen LogP contribution in [0.25, 0.3) is 0 Å². The number of para-hydroxylation sites is 2. The first-order valence-corrected chi connectivity index (χ1v) is 13.1. The number of hydrogen-bond donors (Lipinski definition) is 2. The summed E-state index contributed by atoms with van der Waals surface area (Å²) in [6.45, 7) is 2.29. The van der Waals surface area contributed by atoms with Crippen molar-refractivity contribution in [1.29, 1.82) is 0 Å². The van der Waals surface area contributed by atoms with Gasteiger partial charge in [0.1, 0.15) is 11.8 Å². The number of ether oxygens (including phenoxy) is 1. The third-order valence-corrected chi connectivity index (χ3v) is 7.90. The lowest BCUT2D eigenvalue weighted by atomic mass is 10.1. The van der Waals surface area contributed by atoms with Gasteiger partial charge >= 0.3 is 0 Å². The molecule has 1 saturated heterocycles. The standard InChI is InChI=1S/C24H25N3O5S2/c1-16-11-12-17(34(30,31)26-18-7-3-4-9-21(18)32-2)15-19(16)25-23(28)20-8-5-13-27(20)24(29)22-10-6-14-33-22/h3-4,6-7,9-12,14-15,20,26H,5,8,13H2,1-2H3,(H,25,28)/t20-/m1/s1. The van der Waals surface area contributed by atoms with Crippen LogP contribution in [0.15, 0.2) is 64.9 Å². The molecule has 0 aliphatic carbocycles. The van der Waals surface area contributed by atoms with Crippen molar-refractivity contribution in [3.63, 3.8) is 0 Å². The van der Waals surface area contributed by atoms with Crippen molar-refractivity contribution in [1.82, 2.24) is 4.90 Å². The van der Waals surface area contributed by atoms with Gasteiger partial charge in [-0.15, -0.1) is 11.3 Å². The zero-order valence-electron chi connectivity index (χ0n) is 18.8.